The van der Waals surface area contributed by atoms with Crippen LogP contribution in [0.2, 0.25) is 0 Å². The number of fused-ring (bicyclic) bond motifs is 1. The average Bonchev–Trinajstić information content (AvgIpc) is 3.62. The Morgan fingerprint density at radius 2 is 1.64 bits per heavy atom. The molecule has 2 aromatic heterocycles. The molecule has 1 spiro atoms. The van der Waals surface area contributed by atoms with Gasteiger partial charge in [-0.1, -0.05) is 0 Å². The van der Waals surface area contributed by atoms with E-state index < -0.39 is 5.92 Å². The van der Waals surface area contributed by atoms with Crippen molar-refractivity contribution in [2.45, 2.75) is 56.3 Å². The van der Waals surface area contributed by atoms with Crippen molar-refractivity contribution < 1.29 is 8.78 Å². The lowest BCUT2D eigenvalue weighted by molar-refractivity contribution is -0.0222. The minimum absolute atomic E-state index is 0.189. The first-order valence-electron chi connectivity index (χ1n) is 12.5. The van der Waals surface area contributed by atoms with Crippen molar-refractivity contribution in [1.82, 2.24) is 19.9 Å². The van der Waals surface area contributed by atoms with E-state index in [-0.39, 0.29) is 25.9 Å². The van der Waals surface area contributed by atoms with Crippen molar-refractivity contribution in [1.29, 1.82) is 0 Å². The minimum Gasteiger partial charge on any atom is -0.371 e. The van der Waals surface area contributed by atoms with Crippen molar-refractivity contribution in [2.75, 3.05) is 41.3 Å². The molecule has 0 amide bonds. The normalized spacial score (nSPS) is 20.7. The molecule has 36 heavy (non-hydrogen) atoms. The first-order chi connectivity index (χ1) is 17.3. The highest BCUT2D eigenvalue weighted by molar-refractivity contribution is 7.97. The Bertz CT molecular complexity index is 1280. The molecule has 1 aliphatic carbocycles. The Morgan fingerprint density at radius 1 is 0.917 bits per heavy atom. The summed E-state index contributed by atoms with van der Waals surface area (Å²) in [7, 11) is 0. The number of nitrogens with one attached hydrogen (secondary N) is 1. The molecule has 11 heteroatoms. The zero-order valence-corrected chi connectivity index (χ0v) is 21.1. The van der Waals surface area contributed by atoms with Crippen LogP contribution in [-0.2, 0) is 0 Å². The molecular formula is C25H30F2N8S. The maximum atomic E-state index is 13.7. The fourth-order valence-electron chi connectivity index (χ4n) is 5.37. The number of rotatable bonds is 5. The minimum atomic E-state index is -2.62. The number of hydrogen-bond acceptors (Lipinski definition) is 9. The summed E-state index contributed by atoms with van der Waals surface area (Å²) < 4.78 is 27.3. The first kappa shape index (κ1) is 23.6. The quantitative estimate of drug-likeness (QED) is 0.455. The van der Waals surface area contributed by atoms with Gasteiger partial charge < -0.3 is 15.1 Å². The lowest BCUT2D eigenvalue weighted by atomic mass is 9.93. The number of piperidine rings is 2. The molecule has 3 aliphatic rings. The number of aryl methyl sites for hydroxylation is 1. The second kappa shape index (κ2) is 8.95. The third-order valence-electron chi connectivity index (χ3n) is 7.82. The van der Waals surface area contributed by atoms with E-state index in [1.165, 1.54) is 44.0 Å². The highest BCUT2D eigenvalue weighted by Gasteiger charge is 2.44. The van der Waals surface area contributed by atoms with E-state index in [4.69, 9.17) is 5.14 Å². The molecular weight excluding hydrogens is 482 g/mol. The van der Waals surface area contributed by atoms with Crippen LogP contribution in [0.4, 0.5) is 32.1 Å². The molecule has 0 bridgehead atoms. The Labute approximate surface area is 213 Å². The number of benzene rings is 1. The number of anilines is 4. The van der Waals surface area contributed by atoms with Gasteiger partial charge >= 0.3 is 0 Å². The van der Waals surface area contributed by atoms with Crippen molar-refractivity contribution in [2.24, 2.45) is 10.6 Å². The second-order valence-corrected chi connectivity index (χ2v) is 11.0. The molecule has 3 fully saturated rings. The smallest absolute Gasteiger partial charge is 0.251 e. The Morgan fingerprint density at radius 3 is 2.33 bits per heavy atom. The van der Waals surface area contributed by atoms with E-state index in [1.807, 2.05) is 24.0 Å². The van der Waals surface area contributed by atoms with Gasteiger partial charge in [0.1, 0.15) is 18.0 Å². The van der Waals surface area contributed by atoms with Crippen LogP contribution in [0.15, 0.2) is 29.4 Å². The molecule has 0 unspecified atom stereocenters. The number of hydrogen-bond donors (Lipinski definition) is 2. The zero-order valence-electron chi connectivity index (χ0n) is 20.3. The van der Waals surface area contributed by atoms with Crippen molar-refractivity contribution >= 4 is 46.1 Å². The Balaban J connectivity index is 1.34. The topological polar surface area (TPSA) is 96.1 Å². The fourth-order valence-corrected chi connectivity index (χ4v) is 5.73. The molecule has 3 N–H and O–H groups in total. The van der Waals surface area contributed by atoms with Crippen molar-refractivity contribution in [3.8, 4) is 0 Å². The van der Waals surface area contributed by atoms with Crippen LogP contribution in [0, 0.1) is 12.3 Å². The van der Waals surface area contributed by atoms with E-state index in [2.05, 4.69) is 36.2 Å². The first-order valence-corrected chi connectivity index (χ1v) is 13.4. The van der Waals surface area contributed by atoms with Crippen LogP contribution in [0.3, 0.4) is 0 Å². The van der Waals surface area contributed by atoms with Gasteiger partial charge in [-0.3, -0.25) is 5.14 Å². The van der Waals surface area contributed by atoms with Gasteiger partial charge in [-0.25, -0.2) is 23.7 Å². The van der Waals surface area contributed by atoms with Crippen LogP contribution in [-0.4, -0.2) is 52.0 Å². The molecule has 0 radical (unpaired) electrons. The van der Waals surface area contributed by atoms with Gasteiger partial charge in [0.15, 0.2) is 0 Å². The number of alkyl halides is 2. The Kier molecular flexibility index (Phi) is 5.87. The largest absolute Gasteiger partial charge is 0.371 e. The summed E-state index contributed by atoms with van der Waals surface area (Å²) in [6.07, 6.45) is 6.26. The van der Waals surface area contributed by atoms with Crippen LogP contribution >= 0.6 is 11.9 Å². The fraction of sp³-hybridized carbons (Fsp3) is 0.520. The number of nitrogens with zero attached hydrogens (tertiary/aromatic N) is 6. The van der Waals surface area contributed by atoms with Gasteiger partial charge in [0.2, 0.25) is 5.95 Å². The lowest BCUT2D eigenvalue weighted by Gasteiger charge is -2.35. The van der Waals surface area contributed by atoms with Gasteiger partial charge in [0, 0.05) is 55.7 Å². The highest BCUT2D eigenvalue weighted by atomic mass is 32.2. The summed E-state index contributed by atoms with van der Waals surface area (Å²) in [6, 6.07) is 5.95. The van der Waals surface area contributed by atoms with Crippen LogP contribution in [0.1, 0.15) is 44.2 Å². The zero-order chi connectivity index (χ0) is 24.9. The van der Waals surface area contributed by atoms with Gasteiger partial charge in [-0.05, 0) is 62.1 Å². The summed E-state index contributed by atoms with van der Waals surface area (Å²) >= 11 is 1.22. The van der Waals surface area contributed by atoms with Crippen LogP contribution in [0.5, 0.6) is 0 Å². The third-order valence-corrected chi connectivity index (χ3v) is 8.32. The molecule has 1 aromatic carbocycles. The maximum absolute atomic E-state index is 13.7. The molecule has 2 aliphatic heterocycles. The van der Waals surface area contributed by atoms with E-state index in [0.717, 1.165) is 40.3 Å². The van der Waals surface area contributed by atoms with E-state index in [0.29, 0.717) is 23.0 Å². The molecule has 3 aromatic rings. The third kappa shape index (κ3) is 4.66. The van der Waals surface area contributed by atoms with E-state index in [9.17, 15) is 8.78 Å². The summed E-state index contributed by atoms with van der Waals surface area (Å²) in [5.74, 6) is -0.927. The highest BCUT2D eigenvalue weighted by Crippen LogP contribution is 2.54. The summed E-state index contributed by atoms with van der Waals surface area (Å²) in [5.41, 5.74) is 3.21. The molecule has 0 atom stereocenters. The lowest BCUT2D eigenvalue weighted by Crippen LogP contribution is -2.40. The monoisotopic (exact) mass is 512 g/mol. The van der Waals surface area contributed by atoms with Gasteiger partial charge in [-0.2, -0.15) is 4.98 Å². The van der Waals surface area contributed by atoms with Crippen molar-refractivity contribution in [3.63, 3.8) is 0 Å². The van der Waals surface area contributed by atoms with Crippen molar-refractivity contribution in [3.05, 3.63) is 30.2 Å². The predicted octanol–water partition coefficient (Wildman–Crippen LogP) is 5.05. The molecule has 2 saturated heterocycles. The Hall–Kier alpha value is -2.79. The van der Waals surface area contributed by atoms with E-state index in [1.54, 1.807) is 0 Å². The van der Waals surface area contributed by atoms with Gasteiger partial charge in [0.05, 0.1) is 16.6 Å². The second-order valence-electron chi connectivity index (χ2n) is 10.3. The summed E-state index contributed by atoms with van der Waals surface area (Å²) in [6.45, 7) is 4.33. The standard InChI is InChI=1S/C25H30F2N8S/c1-16-12-20(33-23(31-16)35-10-6-25(26,27)7-11-35)32-22-21-18(29-15-30-22)13-17(36-28)14-19(21)34-8-4-24(2-3-24)5-9-34/h12-15H,2-11,28H2,1H3,(H,29,30,31,32,33). The average molecular weight is 513 g/mol. The van der Waals surface area contributed by atoms with Crippen LogP contribution < -0.4 is 20.3 Å². The molecule has 8 nitrogen and oxygen atoms in total. The molecule has 190 valence electrons. The number of aromatic nitrogens is 4. The predicted molar refractivity (Wildman–Crippen MR) is 139 cm³/mol. The van der Waals surface area contributed by atoms with Gasteiger partial charge in [0.25, 0.3) is 5.92 Å². The van der Waals surface area contributed by atoms with Gasteiger partial charge in [-0.15, -0.1) is 0 Å². The molecule has 1 saturated carbocycles. The molecule has 6 rings (SSSR count). The summed E-state index contributed by atoms with van der Waals surface area (Å²) in [5, 5.41) is 10.3. The maximum Gasteiger partial charge on any atom is 0.251 e. The number of nitrogens with two attached hydrogens (primary N) is 1. The van der Waals surface area contributed by atoms with E-state index >= 15 is 0 Å². The summed E-state index contributed by atoms with van der Waals surface area (Å²) in [4.78, 5) is 23.5. The van der Waals surface area contributed by atoms with Crippen LogP contribution in [0.25, 0.3) is 10.9 Å². The molecule has 4 heterocycles. The SMILES string of the molecule is Cc1cc(Nc2ncnc3cc(SN)cc(N4CCC5(CC4)CC5)c23)nc(N2CCC(F)(F)CC2)n1. The number of halogens is 2.